The number of aromatic nitrogens is 1. The van der Waals surface area contributed by atoms with E-state index in [1.54, 1.807) is 24.3 Å². The Bertz CT molecular complexity index is 1300. The molecule has 1 aromatic carbocycles. The second-order valence-electron chi connectivity index (χ2n) is 8.86. The predicted molar refractivity (Wildman–Crippen MR) is 142 cm³/mol. The van der Waals surface area contributed by atoms with E-state index in [9.17, 15) is 19.5 Å². The highest BCUT2D eigenvalue weighted by Gasteiger charge is 2.24. The third-order valence-corrected chi connectivity index (χ3v) is 7.37. The molecule has 0 atom stereocenters. The lowest BCUT2D eigenvalue weighted by atomic mass is 10.0. The fraction of sp³-hybridized carbons (Fsp3) is 0.360. The van der Waals surface area contributed by atoms with Gasteiger partial charge in [0.2, 0.25) is 11.8 Å². The zero-order valence-electron chi connectivity index (χ0n) is 20.0. The lowest BCUT2D eigenvalue weighted by Crippen LogP contribution is -2.45. The number of carbonyl (C=O) groups is 3. The highest BCUT2D eigenvalue weighted by Crippen LogP contribution is 2.37. The third-order valence-electron chi connectivity index (χ3n) is 6.28. The number of thiophene rings is 1. The maximum atomic E-state index is 12.4. The number of nitrogens with one attached hydrogen (secondary N) is 2. The van der Waals surface area contributed by atoms with Crippen molar-refractivity contribution in [1.29, 1.82) is 0 Å². The van der Waals surface area contributed by atoms with Gasteiger partial charge >= 0.3 is 5.97 Å². The molecule has 2 amide bonds. The number of rotatable bonds is 9. The molecule has 1 fully saturated rings. The van der Waals surface area contributed by atoms with E-state index >= 15 is 0 Å². The molecule has 1 saturated heterocycles. The van der Waals surface area contributed by atoms with Crippen LogP contribution in [0.4, 0.5) is 17.2 Å². The first-order valence-corrected chi connectivity index (χ1v) is 12.7. The van der Waals surface area contributed by atoms with Crippen LogP contribution >= 0.6 is 11.3 Å². The minimum absolute atomic E-state index is 0.134. The summed E-state index contributed by atoms with van der Waals surface area (Å²) in [6.45, 7) is 3.75. The monoisotopic (exact) mass is 510 g/mol. The molecule has 0 bridgehead atoms. The van der Waals surface area contributed by atoms with Crippen molar-refractivity contribution in [2.24, 2.45) is 5.73 Å². The molecule has 1 aliphatic heterocycles. The summed E-state index contributed by atoms with van der Waals surface area (Å²) in [5.41, 5.74) is 13.6. The number of aryl methyl sites for hydroxylation is 1. The minimum atomic E-state index is -1.03. The van der Waals surface area contributed by atoms with Crippen molar-refractivity contribution in [1.82, 2.24) is 10.3 Å². The molecule has 190 valence electrons. The molecular weight excluding hydrogens is 480 g/mol. The summed E-state index contributed by atoms with van der Waals surface area (Å²) >= 11 is 1.12. The fourth-order valence-corrected chi connectivity index (χ4v) is 5.45. The number of carboxylic acid groups (broad SMARTS) is 1. The Labute approximate surface area is 212 Å². The number of nitrogens with zero attached hydrogens (tertiary/aromatic N) is 2. The number of hydrogen-bond acceptors (Lipinski definition) is 8. The summed E-state index contributed by atoms with van der Waals surface area (Å²) < 4.78 is 0. The van der Waals surface area contributed by atoms with Crippen molar-refractivity contribution in [3.63, 3.8) is 0 Å². The van der Waals surface area contributed by atoms with Crippen molar-refractivity contribution < 1.29 is 19.5 Å². The molecule has 10 nitrogen and oxygen atoms in total. The van der Waals surface area contributed by atoms with Crippen molar-refractivity contribution in [2.45, 2.75) is 38.6 Å². The number of benzene rings is 1. The van der Waals surface area contributed by atoms with E-state index < -0.39 is 11.9 Å². The van der Waals surface area contributed by atoms with E-state index in [1.165, 1.54) is 0 Å². The molecule has 3 heterocycles. The van der Waals surface area contributed by atoms with Crippen molar-refractivity contribution in [3.05, 3.63) is 46.3 Å². The van der Waals surface area contributed by atoms with Gasteiger partial charge in [0, 0.05) is 35.8 Å². The van der Waals surface area contributed by atoms with Crippen LogP contribution in [0.3, 0.4) is 0 Å². The van der Waals surface area contributed by atoms with Crippen molar-refractivity contribution in [3.8, 4) is 0 Å². The van der Waals surface area contributed by atoms with Gasteiger partial charge in [-0.25, -0.2) is 9.78 Å². The largest absolute Gasteiger partial charge is 0.477 e. The van der Waals surface area contributed by atoms with Gasteiger partial charge in [-0.3, -0.25) is 9.59 Å². The Morgan fingerprint density at radius 2 is 1.97 bits per heavy atom. The summed E-state index contributed by atoms with van der Waals surface area (Å²) in [6.07, 6.45) is 3.37. The molecular formula is C25H30N6O4S. The molecule has 0 unspecified atom stereocenters. The van der Waals surface area contributed by atoms with Gasteiger partial charge in [0.1, 0.15) is 15.5 Å². The Hall–Kier alpha value is -3.70. The van der Waals surface area contributed by atoms with Gasteiger partial charge in [-0.1, -0.05) is 19.4 Å². The highest BCUT2D eigenvalue weighted by atomic mass is 32.1. The lowest BCUT2D eigenvalue weighted by Gasteiger charge is -2.33. The second kappa shape index (κ2) is 10.9. The number of fused-ring (bicyclic) bond motifs is 1. The molecule has 0 saturated carbocycles. The molecule has 36 heavy (non-hydrogen) atoms. The van der Waals surface area contributed by atoms with Crippen LogP contribution in [-0.4, -0.2) is 53.6 Å². The molecule has 0 aliphatic carbocycles. The number of hydrogen-bond donors (Lipinski definition) is 5. The number of pyridine rings is 1. The van der Waals surface area contributed by atoms with Crippen molar-refractivity contribution >= 4 is 56.5 Å². The number of anilines is 3. The first-order chi connectivity index (χ1) is 17.3. The molecule has 0 spiro atoms. The van der Waals surface area contributed by atoms with Crippen LogP contribution in [0.25, 0.3) is 10.2 Å². The summed E-state index contributed by atoms with van der Waals surface area (Å²) in [4.78, 5) is 43.0. The van der Waals surface area contributed by atoms with E-state index in [4.69, 9.17) is 16.5 Å². The topological polar surface area (TPSA) is 164 Å². The van der Waals surface area contributed by atoms with Crippen LogP contribution in [-0.2, 0) is 11.2 Å². The minimum Gasteiger partial charge on any atom is -0.477 e. The summed E-state index contributed by atoms with van der Waals surface area (Å²) in [5, 5.41) is 16.3. The normalized spacial score (nSPS) is 14.2. The quantitative estimate of drug-likeness (QED) is 0.293. The van der Waals surface area contributed by atoms with Gasteiger partial charge < -0.3 is 32.1 Å². The molecule has 1 aliphatic rings. The Kier molecular flexibility index (Phi) is 7.70. The summed E-state index contributed by atoms with van der Waals surface area (Å²) in [5.74, 6) is -0.943. The first kappa shape index (κ1) is 25.4. The number of primary amides is 1. The maximum Gasteiger partial charge on any atom is 0.348 e. The zero-order valence-corrected chi connectivity index (χ0v) is 20.9. The summed E-state index contributed by atoms with van der Waals surface area (Å²) in [6, 6.07) is 8.74. The number of piperidine rings is 1. The average molecular weight is 511 g/mol. The van der Waals surface area contributed by atoms with E-state index in [2.05, 4.69) is 22.5 Å². The lowest BCUT2D eigenvalue weighted by molar-refractivity contribution is -0.115. The standard InChI is InChI=1S/C25H30N6O4S/c1-2-4-14-12-18(30-24-20(14)21(26)22(36-24)25(34)35)31-9-7-16(8-10-31)28-13-19(32)29-17-6-3-5-15(11-17)23(27)33/h3,5-6,11-12,16,28H,2,4,7-10,13,26H2,1H3,(H2,27,33)(H,29,32)(H,34,35). The Balaban J connectivity index is 1.36. The van der Waals surface area contributed by atoms with Crippen molar-refractivity contribution in [2.75, 3.05) is 35.6 Å². The maximum absolute atomic E-state index is 12.4. The Morgan fingerprint density at radius 3 is 2.64 bits per heavy atom. The van der Waals surface area contributed by atoms with Crippen LogP contribution < -0.4 is 27.0 Å². The molecule has 7 N–H and O–H groups in total. The molecule has 2 aromatic heterocycles. The Morgan fingerprint density at radius 1 is 1.22 bits per heavy atom. The van der Waals surface area contributed by atoms with Gasteiger partial charge in [-0.2, -0.15) is 0 Å². The smallest absolute Gasteiger partial charge is 0.348 e. The number of aromatic carboxylic acids is 1. The van der Waals surface area contributed by atoms with Crippen LogP contribution in [0, 0.1) is 0 Å². The zero-order chi connectivity index (χ0) is 25.8. The first-order valence-electron chi connectivity index (χ1n) is 11.9. The van der Waals surface area contributed by atoms with Crippen LogP contribution in [0.15, 0.2) is 30.3 Å². The predicted octanol–water partition coefficient (Wildman–Crippen LogP) is 2.83. The molecule has 0 radical (unpaired) electrons. The molecule has 4 rings (SSSR count). The van der Waals surface area contributed by atoms with E-state index in [-0.39, 0.29) is 23.4 Å². The highest BCUT2D eigenvalue weighted by molar-refractivity contribution is 7.21. The number of carbonyl (C=O) groups excluding carboxylic acids is 2. The number of nitrogen functional groups attached to an aromatic ring is 1. The van der Waals surface area contributed by atoms with Gasteiger partial charge in [0.15, 0.2) is 0 Å². The second-order valence-corrected chi connectivity index (χ2v) is 9.85. The van der Waals surface area contributed by atoms with Crippen LogP contribution in [0.5, 0.6) is 0 Å². The van der Waals surface area contributed by atoms with E-state index in [0.717, 1.165) is 66.9 Å². The number of amides is 2. The summed E-state index contributed by atoms with van der Waals surface area (Å²) in [7, 11) is 0. The van der Waals surface area contributed by atoms with Gasteiger partial charge in [-0.15, -0.1) is 11.3 Å². The number of nitrogens with two attached hydrogens (primary N) is 2. The third kappa shape index (κ3) is 5.58. The van der Waals surface area contributed by atoms with Gasteiger partial charge in [-0.05, 0) is 49.1 Å². The fourth-order valence-electron chi connectivity index (χ4n) is 4.48. The molecule has 11 heteroatoms. The van der Waals surface area contributed by atoms with Crippen LogP contribution in [0.2, 0.25) is 0 Å². The van der Waals surface area contributed by atoms with E-state index in [1.807, 2.05) is 6.07 Å². The van der Waals surface area contributed by atoms with Gasteiger partial charge in [0.05, 0.1) is 12.2 Å². The van der Waals surface area contributed by atoms with Gasteiger partial charge in [0.25, 0.3) is 0 Å². The van der Waals surface area contributed by atoms with E-state index in [0.29, 0.717) is 21.8 Å². The van der Waals surface area contributed by atoms with Crippen LogP contribution in [0.1, 0.15) is 51.8 Å². The number of carboxylic acids is 1. The molecule has 3 aromatic rings. The SMILES string of the molecule is CCCc1cc(N2CCC(NCC(=O)Nc3cccc(C(N)=O)c3)CC2)nc2sc(C(=O)O)c(N)c12. The average Bonchev–Trinajstić information content (AvgIpc) is 3.20.